The molecule has 1 aromatic heterocycles. The van der Waals surface area contributed by atoms with Crippen molar-refractivity contribution < 1.29 is 19.1 Å². The van der Waals surface area contributed by atoms with Gasteiger partial charge in [0.1, 0.15) is 6.61 Å². The Bertz CT molecular complexity index is 971. The second kappa shape index (κ2) is 10.6. The normalized spacial score (nSPS) is 18.4. The van der Waals surface area contributed by atoms with Crippen molar-refractivity contribution in [2.75, 3.05) is 33.4 Å². The van der Waals surface area contributed by atoms with E-state index in [0.29, 0.717) is 37.1 Å². The van der Waals surface area contributed by atoms with Gasteiger partial charge in [-0.3, -0.25) is 9.59 Å². The Morgan fingerprint density at radius 1 is 1.21 bits per heavy atom. The minimum atomic E-state index is -0.182. The number of ether oxygens (including phenoxy) is 2. The number of methoxy groups -OCH3 is 1. The molecule has 2 amide bonds. The maximum Gasteiger partial charge on any atom is 0.242 e. The summed E-state index contributed by atoms with van der Waals surface area (Å²) >= 11 is 1.73. The minimum Gasteiger partial charge on any atom is -0.493 e. The van der Waals surface area contributed by atoms with Crippen LogP contribution in [0.15, 0.2) is 35.7 Å². The molecule has 1 fully saturated rings. The number of benzene rings is 1. The molecule has 1 aromatic carbocycles. The molecule has 0 spiro atoms. The zero-order chi connectivity index (χ0) is 23.4. The molecule has 6 nitrogen and oxygen atoms in total. The molecular formula is C26H34N2O4S. The molecule has 0 radical (unpaired) electrons. The molecule has 1 aliphatic heterocycles. The van der Waals surface area contributed by atoms with Crippen LogP contribution >= 0.6 is 11.3 Å². The molecule has 1 aliphatic carbocycles. The van der Waals surface area contributed by atoms with Crippen molar-refractivity contribution in [3.05, 3.63) is 46.2 Å². The average molecular weight is 471 g/mol. The number of hydrogen-bond acceptors (Lipinski definition) is 5. The summed E-state index contributed by atoms with van der Waals surface area (Å²) < 4.78 is 11.6. The zero-order valence-electron chi connectivity index (χ0n) is 19.8. The Kier molecular flexibility index (Phi) is 7.58. The smallest absolute Gasteiger partial charge is 0.242 e. The quantitative estimate of drug-likeness (QED) is 0.511. The monoisotopic (exact) mass is 470 g/mol. The first-order valence-corrected chi connectivity index (χ1v) is 12.8. The first-order valence-electron chi connectivity index (χ1n) is 11.9. The highest BCUT2D eigenvalue weighted by molar-refractivity contribution is 7.10. The minimum absolute atomic E-state index is 0.00206. The molecule has 7 heteroatoms. The van der Waals surface area contributed by atoms with E-state index >= 15 is 0 Å². The number of fused-ring (bicyclic) bond motifs is 1. The zero-order valence-corrected chi connectivity index (χ0v) is 20.6. The molecule has 2 aliphatic rings. The van der Waals surface area contributed by atoms with E-state index in [4.69, 9.17) is 9.47 Å². The predicted octanol–water partition coefficient (Wildman–Crippen LogP) is 4.55. The van der Waals surface area contributed by atoms with Crippen LogP contribution in [0, 0.1) is 11.8 Å². The Morgan fingerprint density at radius 2 is 1.97 bits per heavy atom. The number of rotatable bonds is 10. The molecule has 2 atom stereocenters. The largest absolute Gasteiger partial charge is 0.493 e. The summed E-state index contributed by atoms with van der Waals surface area (Å²) in [5.74, 6) is 1.95. The second-order valence-corrected chi connectivity index (χ2v) is 10.1. The van der Waals surface area contributed by atoms with Crippen LogP contribution in [-0.2, 0) is 16.0 Å². The van der Waals surface area contributed by atoms with Gasteiger partial charge in [-0.2, -0.15) is 0 Å². The Morgan fingerprint density at radius 3 is 2.67 bits per heavy atom. The van der Waals surface area contributed by atoms with Crippen LogP contribution in [0.5, 0.6) is 11.5 Å². The molecule has 0 saturated heterocycles. The van der Waals surface area contributed by atoms with Crippen molar-refractivity contribution in [1.82, 2.24) is 9.80 Å². The second-order valence-electron chi connectivity index (χ2n) is 9.12. The Labute approximate surface area is 200 Å². The number of nitrogens with zero attached hydrogens (tertiary/aromatic N) is 2. The number of carbonyl (C=O) groups excluding carboxylic acids is 2. The lowest BCUT2D eigenvalue weighted by atomic mass is 10.00. The highest BCUT2D eigenvalue weighted by Crippen LogP contribution is 2.36. The van der Waals surface area contributed by atoms with Gasteiger partial charge in [-0.15, -0.1) is 11.3 Å². The third-order valence-corrected chi connectivity index (χ3v) is 7.67. The lowest BCUT2D eigenvalue weighted by Gasteiger charge is -2.37. The van der Waals surface area contributed by atoms with Crippen LogP contribution < -0.4 is 9.47 Å². The van der Waals surface area contributed by atoms with Gasteiger partial charge in [0.2, 0.25) is 11.8 Å². The fourth-order valence-electron chi connectivity index (χ4n) is 4.36. The molecule has 33 heavy (non-hydrogen) atoms. The predicted molar refractivity (Wildman–Crippen MR) is 130 cm³/mol. The van der Waals surface area contributed by atoms with Gasteiger partial charge >= 0.3 is 0 Å². The van der Waals surface area contributed by atoms with Crippen molar-refractivity contribution in [3.63, 3.8) is 0 Å². The van der Waals surface area contributed by atoms with Crippen molar-refractivity contribution in [1.29, 1.82) is 0 Å². The van der Waals surface area contributed by atoms with Crippen molar-refractivity contribution in [2.45, 2.75) is 45.6 Å². The summed E-state index contributed by atoms with van der Waals surface area (Å²) in [5, 5.41) is 2.08. The average Bonchev–Trinajstić information content (AvgIpc) is 3.58. The lowest BCUT2D eigenvalue weighted by molar-refractivity contribution is -0.143. The highest BCUT2D eigenvalue weighted by Gasteiger charge is 2.37. The van der Waals surface area contributed by atoms with E-state index < -0.39 is 0 Å². The van der Waals surface area contributed by atoms with Crippen molar-refractivity contribution in [3.8, 4) is 11.5 Å². The van der Waals surface area contributed by atoms with Gasteiger partial charge in [-0.25, -0.2) is 0 Å². The van der Waals surface area contributed by atoms with Crippen LogP contribution in [0.3, 0.4) is 0 Å². The van der Waals surface area contributed by atoms with E-state index in [2.05, 4.69) is 25.3 Å². The van der Waals surface area contributed by atoms with Crippen LogP contribution in [0.1, 0.15) is 49.6 Å². The molecule has 1 saturated carbocycles. The van der Waals surface area contributed by atoms with E-state index in [1.807, 2.05) is 29.2 Å². The highest BCUT2D eigenvalue weighted by atomic mass is 32.1. The van der Waals surface area contributed by atoms with Gasteiger partial charge in [0.05, 0.1) is 19.7 Å². The fraction of sp³-hybridized carbons (Fsp3) is 0.538. The maximum atomic E-state index is 13.6. The SMILES string of the molecule is CCC(C)CN(CC(=O)N1CCc2sccc2C1COc1ccccc1OC)C(=O)C1CC1. The molecule has 2 aromatic rings. The van der Waals surface area contributed by atoms with Crippen LogP contribution in [-0.4, -0.2) is 55.0 Å². The third-order valence-electron chi connectivity index (χ3n) is 6.67. The topological polar surface area (TPSA) is 59.1 Å². The standard InChI is InChI=1S/C26H34N2O4S/c1-4-18(2)15-27(26(30)19-9-10-19)16-25(29)28-13-11-24-20(12-14-33-24)21(28)17-32-23-8-6-5-7-22(23)31-3/h5-8,12,14,18-19,21H,4,9-11,13,15-17H2,1-3H3. The van der Waals surface area contributed by atoms with E-state index in [9.17, 15) is 9.59 Å². The number of thiophene rings is 1. The summed E-state index contributed by atoms with van der Waals surface area (Å²) in [5.41, 5.74) is 1.15. The first-order chi connectivity index (χ1) is 16.0. The van der Waals surface area contributed by atoms with Crippen molar-refractivity contribution >= 4 is 23.2 Å². The van der Waals surface area contributed by atoms with Gasteiger partial charge in [0, 0.05) is 23.9 Å². The summed E-state index contributed by atoms with van der Waals surface area (Å²) in [4.78, 5) is 31.5. The Hall–Kier alpha value is -2.54. The van der Waals surface area contributed by atoms with E-state index in [1.54, 1.807) is 23.3 Å². The maximum absolute atomic E-state index is 13.6. The number of amides is 2. The number of para-hydroxylation sites is 2. The van der Waals surface area contributed by atoms with Gasteiger partial charge in [-0.1, -0.05) is 32.4 Å². The van der Waals surface area contributed by atoms with Crippen molar-refractivity contribution in [2.24, 2.45) is 11.8 Å². The number of carbonyl (C=O) groups is 2. The summed E-state index contributed by atoms with van der Waals surface area (Å²) in [7, 11) is 1.62. The van der Waals surface area contributed by atoms with Crippen LogP contribution in [0.2, 0.25) is 0 Å². The van der Waals surface area contributed by atoms with Crippen LogP contribution in [0.25, 0.3) is 0 Å². The molecule has 0 bridgehead atoms. The summed E-state index contributed by atoms with van der Waals surface area (Å²) in [6.45, 7) is 6.03. The molecular weight excluding hydrogens is 436 g/mol. The molecule has 0 N–H and O–H groups in total. The summed E-state index contributed by atoms with van der Waals surface area (Å²) in [6, 6.07) is 9.48. The first kappa shape index (κ1) is 23.6. The van der Waals surface area contributed by atoms with Gasteiger partial charge < -0.3 is 19.3 Å². The van der Waals surface area contributed by atoms with Gasteiger partial charge in [-0.05, 0) is 54.3 Å². The van der Waals surface area contributed by atoms with Gasteiger partial charge in [0.25, 0.3) is 0 Å². The van der Waals surface area contributed by atoms with E-state index in [1.165, 1.54) is 4.88 Å². The van der Waals surface area contributed by atoms with Gasteiger partial charge in [0.15, 0.2) is 11.5 Å². The number of hydrogen-bond donors (Lipinski definition) is 0. The molecule has 2 heterocycles. The third kappa shape index (κ3) is 5.52. The van der Waals surface area contributed by atoms with E-state index in [-0.39, 0.29) is 30.3 Å². The Balaban J connectivity index is 1.51. The van der Waals surface area contributed by atoms with Crippen LogP contribution in [0.4, 0.5) is 0 Å². The lowest BCUT2D eigenvalue weighted by Crippen LogP contribution is -2.48. The summed E-state index contributed by atoms with van der Waals surface area (Å²) in [6.07, 6.45) is 3.72. The fourth-order valence-corrected chi connectivity index (χ4v) is 5.29. The molecule has 4 rings (SSSR count). The molecule has 178 valence electrons. The molecule has 2 unspecified atom stereocenters. The van der Waals surface area contributed by atoms with E-state index in [0.717, 1.165) is 31.2 Å².